The van der Waals surface area contributed by atoms with E-state index in [9.17, 15) is 9.59 Å². The smallest absolute Gasteiger partial charge is 0.345 e. The van der Waals surface area contributed by atoms with Gasteiger partial charge in [-0.3, -0.25) is 14.3 Å². The highest BCUT2D eigenvalue weighted by atomic mass is 16.5. The second-order valence-electron chi connectivity index (χ2n) is 6.58. The molecule has 0 radical (unpaired) electrons. The van der Waals surface area contributed by atoms with E-state index in [1.165, 1.54) is 9.25 Å². The SMILES string of the molecule is CC(C)Oc1ccc(C(=O)NCCn2nc(-c3cccnc3)n(C)c2=O)cc1. The number of ether oxygens (including phenoxy) is 1. The Morgan fingerprint density at radius 1 is 1.21 bits per heavy atom. The number of nitrogens with zero attached hydrogens (tertiary/aromatic N) is 4. The molecule has 1 N–H and O–H groups in total. The average Bonchev–Trinajstić information content (AvgIpc) is 2.97. The number of hydrogen-bond acceptors (Lipinski definition) is 5. The van der Waals surface area contributed by atoms with Gasteiger partial charge in [-0.1, -0.05) is 0 Å². The van der Waals surface area contributed by atoms with Gasteiger partial charge in [-0.2, -0.15) is 0 Å². The third kappa shape index (κ3) is 4.46. The van der Waals surface area contributed by atoms with Crippen molar-refractivity contribution in [1.29, 1.82) is 0 Å². The Bertz CT molecular complexity index is 991. The molecule has 8 nitrogen and oxygen atoms in total. The number of amides is 1. The van der Waals surface area contributed by atoms with Crippen LogP contribution in [0.15, 0.2) is 53.6 Å². The molecule has 2 heterocycles. The summed E-state index contributed by atoms with van der Waals surface area (Å²) in [6, 6.07) is 10.6. The zero-order chi connectivity index (χ0) is 20.1. The maximum atomic E-state index is 12.4. The molecule has 0 atom stereocenters. The monoisotopic (exact) mass is 381 g/mol. The van der Waals surface area contributed by atoms with Gasteiger partial charge in [0, 0.05) is 37.1 Å². The van der Waals surface area contributed by atoms with Crippen LogP contribution in [0.25, 0.3) is 11.4 Å². The zero-order valence-corrected chi connectivity index (χ0v) is 16.1. The Balaban J connectivity index is 1.61. The van der Waals surface area contributed by atoms with Crippen LogP contribution < -0.4 is 15.7 Å². The van der Waals surface area contributed by atoms with Crippen molar-refractivity contribution in [2.75, 3.05) is 6.54 Å². The van der Waals surface area contributed by atoms with Crippen LogP contribution in [0, 0.1) is 0 Å². The fourth-order valence-corrected chi connectivity index (χ4v) is 2.71. The predicted molar refractivity (Wildman–Crippen MR) is 105 cm³/mol. The Labute approximate surface area is 162 Å². The summed E-state index contributed by atoms with van der Waals surface area (Å²) < 4.78 is 8.37. The van der Waals surface area contributed by atoms with E-state index in [-0.39, 0.29) is 30.8 Å². The van der Waals surface area contributed by atoms with Crippen LogP contribution in [0.4, 0.5) is 0 Å². The van der Waals surface area contributed by atoms with Crippen LogP contribution >= 0.6 is 0 Å². The van der Waals surface area contributed by atoms with Crippen molar-refractivity contribution in [2.24, 2.45) is 7.05 Å². The van der Waals surface area contributed by atoms with Gasteiger partial charge in [0.15, 0.2) is 5.82 Å². The van der Waals surface area contributed by atoms with Crippen LogP contribution in [0.3, 0.4) is 0 Å². The van der Waals surface area contributed by atoms with Crippen molar-refractivity contribution in [2.45, 2.75) is 26.5 Å². The van der Waals surface area contributed by atoms with E-state index in [0.717, 1.165) is 11.3 Å². The lowest BCUT2D eigenvalue weighted by Crippen LogP contribution is -2.31. The van der Waals surface area contributed by atoms with E-state index in [1.807, 2.05) is 19.9 Å². The Morgan fingerprint density at radius 3 is 2.61 bits per heavy atom. The van der Waals surface area contributed by atoms with Crippen LogP contribution in [0.5, 0.6) is 5.75 Å². The molecule has 3 rings (SSSR count). The summed E-state index contributed by atoms with van der Waals surface area (Å²) in [5, 5.41) is 7.15. The first kappa shape index (κ1) is 19.3. The molecule has 0 aliphatic heterocycles. The Morgan fingerprint density at radius 2 is 1.96 bits per heavy atom. The molecule has 0 unspecified atom stereocenters. The normalized spacial score (nSPS) is 10.9. The topological polar surface area (TPSA) is 91.0 Å². The highest BCUT2D eigenvalue weighted by Crippen LogP contribution is 2.14. The molecule has 0 fully saturated rings. The third-order valence-corrected chi connectivity index (χ3v) is 4.06. The van der Waals surface area contributed by atoms with E-state index < -0.39 is 0 Å². The van der Waals surface area contributed by atoms with Crippen molar-refractivity contribution in [1.82, 2.24) is 24.6 Å². The summed E-state index contributed by atoms with van der Waals surface area (Å²) >= 11 is 0. The van der Waals surface area contributed by atoms with Gasteiger partial charge in [-0.25, -0.2) is 9.48 Å². The van der Waals surface area contributed by atoms with E-state index in [0.29, 0.717) is 11.4 Å². The number of aromatic nitrogens is 4. The number of benzene rings is 1. The van der Waals surface area contributed by atoms with Crippen LogP contribution in [0.1, 0.15) is 24.2 Å². The van der Waals surface area contributed by atoms with E-state index in [4.69, 9.17) is 4.74 Å². The molecule has 0 aliphatic rings. The predicted octanol–water partition coefficient (Wildman–Crippen LogP) is 1.86. The van der Waals surface area contributed by atoms with Gasteiger partial charge in [-0.15, -0.1) is 5.10 Å². The lowest BCUT2D eigenvalue weighted by Gasteiger charge is -2.10. The first-order valence-corrected chi connectivity index (χ1v) is 9.05. The minimum absolute atomic E-state index is 0.0768. The largest absolute Gasteiger partial charge is 0.491 e. The lowest BCUT2D eigenvalue weighted by atomic mass is 10.2. The van der Waals surface area contributed by atoms with Crippen molar-refractivity contribution in [3.05, 3.63) is 64.8 Å². The summed E-state index contributed by atoms with van der Waals surface area (Å²) in [6.45, 7) is 4.44. The van der Waals surface area contributed by atoms with E-state index in [1.54, 1.807) is 49.8 Å². The second kappa shape index (κ2) is 8.51. The van der Waals surface area contributed by atoms with Crippen LogP contribution in [-0.2, 0) is 13.6 Å². The van der Waals surface area contributed by atoms with Crippen molar-refractivity contribution < 1.29 is 9.53 Å². The molecule has 0 spiro atoms. The highest BCUT2D eigenvalue weighted by Gasteiger charge is 2.12. The molecule has 3 aromatic rings. The summed E-state index contributed by atoms with van der Waals surface area (Å²) in [5.74, 6) is 1.03. The summed E-state index contributed by atoms with van der Waals surface area (Å²) in [6.07, 6.45) is 3.39. The quantitative estimate of drug-likeness (QED) is 0.675. The minimum atomic E-state index is -0.247. The fourth-order valence-electron chi connectivity index (χ4n) is 2.71. The molecule has 0 saturated heterocycles. The van der Waals surface area contributed by atoms with Gasteiger partial charge in [0.05, 0.1) is 12.6 Å². The van der Waals surface area contributed by atoms with Crippen molar-refractivity contribution >= 4 is 5.91 Å². The molecule has 0 bridgehead atoms. The van der Waals surface area contributed by atoms with Gasteiger partial charge in [0.1, 0.15) is 5.75 Å². The second-order valence-corrected chi connectivity index (χ2v) is 6.58. The van der Waals surface area contributed by atoms with Gasteiger partial charge < -0.3 is 10.1 Å². The summed E-state index contributed by atoms with van der Waals surface area (Å²) in [7, 11) is 1.66. The molecule has 28 heavy (non-hydrogen) atoms. The van der Waals surface area contributed by atoms with Crippen molar-refractivity contribution in [3.63, 3.8) is 0 Å². The summed E-state index contributed by atoms with van der Waals surface area (Å²) in [5.41, 5.74) is 1.04. The first-order valence-electron chi connectivity index (χ1n) is 9.05. The Kier molecular flexibility index (Phi) is 5.88. The molecule has 0 aliphatic carbocycles. The maximum absolute atomic E-state index is 12.4. The number of rotatable bonds is 7. The number of carbonyl (C=O) groups excluding carboxylic acids is 1. The Hall–Kier alpha value is -3.42. The van der Waals surface area contributed by atoms with E-state index in [2.05, 4.69) is 15.4 Å². The lowest BCUT2D eigenvalue weighted by molar-refractivity contribution is 0.0951. The first-order chi connectivity index (χ1) is 13.5. The van der Waals surface area contributed by atoms with Crippen LogP contribution in [-0.4, -0.2) is 37.9 Å². The zero-order valence-electron chi connectivity index (χ0n) is 16.1. The molecule has 1 amide bonds. The van der Waals surface area contributed by atoms with Gasteiger partial charge in [0.25, 0.3) is 5.91 Å². The number of pyridine rings is 1. The molecule has 2 aromatic heterocycles. The molecule has 0 saturated carbocycles. The number of carbonyl (C=O) groups is 1. The summed E-state index contributed by atoms with van der Waals surface area (Å²) in [4.78, 5) is 28.7. The standard InChI is InChI=1S/C20H23N5O3/c1-14(2)28-17-8-6-15(7-9-17)19(26)22-11-12-25-20(27)24(3)18(23-25)16-5-4-10-21-13-16/h4-10,13-14H,11-12H2,1-3H3,(H,22,26). The molecular formula is C20H23N5O3. The highest BCUT2D eigenvalue weighted by molar-refractivity contribution is 5.94. The molecular weight excluding hydrogens is 358 g/mol. The van der Waals surface area contributed by atoms with E-state index >= 15 is 0 Å². The number of hydrogen-bond donors (Lipinski definition) is 1. The maximum Gasteiger partial charge on any atom is 0.345 e. The van der Waals surface area contributed by atoms with Crippen molar-refractivity contribution in [3.8, 4) is 17.1 Å². The molecule has 8 heteroatoms. The number of nitrogens with one attached hydrogen (secondary N) is 1. The van der Waals surface area contributed by atoms with Gasteiger partial charge in [0.2, 0.25) is 0 Å². The van der Waals surface area contributed by atoms with Gasteiger partial charge >= 0.3 is 5.69 Å². The third-order valence-electron chi connectivity index (χ3n) is 4.06. The molecule has 1 aromatic carbocycles. The van der Waals surface area contributed by atoms with Crippen LogP contribution in [0.2, 0.25) is 0 Å². The fraction of sp³-hybridized carbons (Fsp3) is 0.300. The molecule has 146 valence electrons. The average molecular weight is 381 g/mol. The van der Waals surface area contributed by atoms with Gasteiger partial charge in [-0.05, 0) is 50.2 Å². The minimum Gasteiger partial charge on any atom is -0.491 e.